The number of fused-ring (bicyclic) bond motifs is 3. The van der Waals surface area contributed by atoms with Crippen LogP contribution in [0.4, 0.5) is 4.79 Å². The lowest BCUT2D eigenvalue weighted by molar-refractivity contribution is 0.0237. The lowest BCUT2D eigenvalue weighted by Gasteiger charge is -2.26. The Labute approximate surface area is 216 Å². The summed E-state index contributed by atoms with van der Waals surface area (Å²) in [5.41, 5.74) is 4.54. The van der Waals surface area contributed by atoms with Crippen LogP contribution >= 0.6 is 0 Å². The molecule has 0 radical (unpaired) electrons. The first kappa shape index (κ1) is 24.7. The molecule has 2 aromatic heterocycles. The summed E-state index contributed by atoms with van der Waals surface area (Å²) in [6.45, 7) is 7.24. The van der Waals surface area contributed by atoms with Crippen LogP contribution in [0.2, 0.25) is 0 Å². The fourth-order valence-electron chi connectivity index (χ4n) is 4.90. The van der Waals surface area contributed by atoms with Crippen molar-refractivity contribution in [3.05, 3.63) is 94.0 Å². The molecule has 0 atom stereocenters. The van der Waals surface area contributed by atoms with Crippen LogP contribution < -0.4 is 10.3 Å². The summed E-state index contributed by atoms with van der Waals surface area (Å²) in [4.78, 5) is 27.6. The van der Waals surface area contributed by atoms with Crippen molar-refractivity contribution in [1.82, 2.24) is 14.0 Å². The van der Waals surface area contributed by atoms with E-state index in [-0.39, 0.29) is 11.7 Å². The van der Waals surface area contributed by atoms with Gasteiger partial charge in [-0.25, -0.2) is 4.79 Å². The Bertz CT molecular complexity index is 1500. The number of pyridine rings is 1. The van der Waals surface area contributed by atoms with Gasteiger partial charge in [-0.05, 0) is 57.4 Å². The summed E-state index contributed by atoms with van der Waals surface area (Å²) >= 11 is 0. The molecule has 0 fully saturated rings. The number of hydrogen-bond donors (Lipinski definition) is 0. The normalized spacial score (nSPS) is 13.8. The highest BCUT2D eigenvalue weighted by Crippen LogP contribution is 2.31. The second-order valence-electron chi connectivity index (χ2n) is 10.5. The zero-order valence-corrected chi connectivity index (χ0v) is 21.9. The highest BCUT2D eigenvalue weighted by atomic mass is 16.6. The summed E-state index contributed by atoms with van der Waals surface area (Å²) in [7, 11) is 2.05. The van der Waals surface area contributed by atoms with Gasteiger partial charge in [-0.2, -0.15) is 0 Å². The maximum absolute atomic E-state index is 13.0. The minimum atomic E-state index is -0.532. The van der Waals surface area contributed by atoms with Crippen LogP contribution in [0.15, 0.2) is 71.7 Å². The van der Waals surface area contributed by atoms with Gasteiger partial charge >= 0.3 is 6.09 Å². The van der Waals surface area contributed by atoms with E-state index in [1.165, 1.54) is 11.8 Å². The zero-order chi connectivity index (χ0) is 26.2. The fraction of sp³-hybridized carbons (Fsp3) is 0.333. The van der Waals surface area contributed by atoms with Crippen molar-refractivity contribution in [2.45, 2.75) is 52.4 Å². The van der Waals surface area contributed by atoms with Gasteiger partial charge in [0, 0.05) is 42.5 Å². The van der Waals surface area contributed by atoms with Gasteiger partial charge in [0.05, 0.1) is 17.7 Å². The van der Waals surface area contributed by atoms with E-state index in [9.17, 15) is 9.59 Å². The standard InChI is InChI=1S/C30H33N3O4/c1-30(2,3)37-29(35)32-15-8-11-26-25(19-32)24-13-12-22(17-27(24)31(26)4)33-16-14-23(18-28(33)34)36-20-21-9-6-5-7-10-21/h5-7,9-10,12-14,16-18H,8,11,15,19-20H2,1-4H3. The first-order chi connectivity index (χ1) is 17.7. The molecule has 0 aliphatic carbocycles. The monoisotopic (exact) mass is 499 g/mol. The largest absolute Gasteiger partial charge is 0.489 e. The summed E-state index contributed by atoms with van der Waals surface area (Å²) in [5, 5.41) is 1.09. The molecule has 0 N–H and O–H groups in total. The predicted octanol–water partition coefficient (Wildman–Crippen LogP) is 5.59. The molecule has 1 aliphatic heterocycles. The van der Waals surface area contributed by atoms with Crippen molar-refractivity contribution in [3.8, 4) is 11.4 Å². The van der Waals surface area contributed by atoms with Crippen LogP contribution in [0.25, 0.3) is 16.6 Å². The van der Waals surface area contributed by atoms with Crippen molar-refractivity contribution in [1.29, 1.82) is 0 Å². The number of aromatic nitrogens is 2. The van der Waals surface area contributed by atoms with Crippen LogP contribution in [0.5, 0.6) is 5.75 Å². The van der Waals surface area contributed by atoms with Crippen LogP contribution in [0.1, 0.15) is 44.0 Å². The van der Waals surface area contributed by atoms with E-state index in [1.807, 2.05) is 75.4 Å². The molecule has 192 valence electrons. The van der Waals surface area contributed by atoms with E-state index in [4.69, 9.17) is 9.47 Å². The summed E-state index contributed by atoms with van der Waals surface area (Å²) in [6.07, 6.45) is 3.22. The molecule has 0 bridgehead atoms. The second-order valence-corrected chi connectivity index (χ2v) is 10.5. The summed E-state index contributed by atoms with van der Waals surface area (Å²) in [5.74, 6) is 0.541. The highest BCUT2D eigenvalue weighted by molar-refractivity contribution is 5.88. The number of carbonyl (C=O) groups excluding carboxylic acids is 1. The third-order valence-corrected chi connectivity index (χ3v) is 6.68. The fourth-order valence-corrected chi connectivity index (χ4v) is 4.90. The Hall–Kier alpha value is -4.00. The highest BCUT2D eigenvalue weighted by Gasteiger charge is 2.27. The molecule has 0 unspecified atom stereocenters. The number of hydrogen-bond acceptors (Lipinski definition) is 4. The van der Waals surface area contributed by atoms with E-state index in [0.717, 1.165) is 40.6 Å². The minimum Gasteiger partial charge on any atom is -0.489 e. The number of ether oxygens (including phenoxy) is 2. The van der Waals surface area contributed by atoms with E-state index in [2.05, 4.69) is 11.6 Å². The lowest BCUT2D eigenvalue weighted by Crippen LogP contribution is -2.36. The smallest absolute Gasteiger partial charge is 0.410 e. The second kappa shape index (κ2) is 9.81. The van der Waals surface area contributed by atoms with Crippen molar-refractivity contribution in [3.63, 3.8) is 0 Å². The van der Waals surface area contributed by atoms with Crippen LogP contribution in [-0.4, -0.2) is 32.3 Å². The van der Waals surface area contributed by atoms with Crippen LogP contribution in [0, 0.1) is 0 Å². The predicted molar refractivity (Wildman–Crippen MR) is 144 cm³/mol. The Morgan fingerprint density at radius 1 is 1.03 bits per heavy atom. The average Bonchev–Trinajstić information content (AvgIpc) is 3.00. The molecule has 4 aromatic rings. The van der Waals surface area contributed by atoms with Crippen molar-refractivity contribution in [2.75, 3.05) is 6.54 Å². The molecule has 37 heavy (non-hydrogen) atoms. The van der Waals surface area contributed by atoms with Crippen molar-refractivity contribution < 1.29 is 14.3 Å². The molecule has 0 saturated carbocycles. The van der Waals surface area contributed by atoms with Gasteiger partial charge in [-0.3, -0.25) is 9.36 Å². The molecular weight excluding hydrogens is 466 g/mol. The van der Waals surface area contributed by atoms with E-state index in [1.54, 1.807) is 15.7 Å². The van der Waals surface area contributed by atoms with Gasteiger partial charge in [0.1, 0.15) is 18.0 Å². The minimum absolute atomic E-state index is 0.156. The van der Waals surface area contributed by atoms with E-state index >= 15 is 0 Å². The van der Waals surface area contributed by atoms with E-state index in [0.29, 0.717) is 25.4 Å². The summed E-state index contributed by atoms with van der Waals surface area (Å²) in [6, 6.07) is 19.2. The molecule has 1 amide bonds. The molecule has 0 spiro atoms. The van der Waals surface area contributed by atoms with Gasteiger partial charge in [-0.1, -0.05) is 36.4 Å². The molecule has 5 rings (SSSR count). The topological polar surface area (TPSA) is 65.7 Å². The Kier molecular flexibility index (Phi) is 6.54. The van der Waals surface area contributed by atoms with Gasteiger partial charge in [-0.15, -0.1) is 0 Å². The number of benzene rings is 2. The Morgan fingerprint density at radius 2 is 1.81 bits per heavy atom. The molecule has 0 saturated heterocycles. The van der Waals surface area contributed by atoms with Gasteiger partial charge in [0.25, 0.3) is 5.56 Å². The first-order valence-electron chi connectivity index (χ1n) is 12.7. The number of nitrogens with zero attached hydrogens (tertiary/aromatic N) is 3. The summed E-state index contributed by atoms with van der Waals surface area (Å²) < 4.78 is 15.3. The van der Waals surface area contributed by atoms with Crippen LogP contribution in [0.3, 0.4) is 0 Å². The average molecular weight is 500 g/mol. The molecular formula is C30H33N3O4. The van der Waals surface area contributed by atoms with E-state index < -0.39 is 5.60 Å². The quantitative estimate of drug-likeness (QED) is 0.367. The Morgan fingerprint density at radius 3 is 2.54 bits per heavy atom. The molecule has 2 aromatic carbocycles. The number of carbonyl (C=O) groups is 1. The molecule has 1 aliphatic rings. The maximum atomic E-state index is 13.0. The van der Waals surface area contributed by atoms with Crippen molar-refractivity contribution in [2.24, 2.45) is 7.05 Å². The molecule has 7 nitrogen and oxygen atoms in total. The van der Waals surface area contributed by atoms with Crippen molar-refractivity contribution >= 4 is 17.0 Å². The SMILES string of the molecule is Cn1c2c(c3ccc(-n4ccc(OCc5ccccc5)cc4=O)cc31)CN(C(=O)OC(C)(C)C)CCC2. The van der Waals surface area contributed by atoms with Gasteiger partial charge < -0.3 is 18.9 Å². The number of amides is 1. The van der Waals surface area contributed by atoms with Gasteiger partial charge in [0.2, 0.25) is 0 Å². The Balaban J connectivity index is 1.41. The number of rotatable bonds is 4. The lowest BCUT2D eigenvalue weighted by atomic mass is 10.1. The first-order valence-corrected chi connectivity index (χ1v) is 12.7. The zero-order valence-electron chi connectivity index (χ0n) is 21.9. The molecule has 7 heteroatoms. The van der Waals surface area contributed by atoms with Crippen LogP contribution in [-0.2, 0) is 31.4 Å². The molecule has 3 heterocycles. The third-order valence-electron chi connectivity index (χ3n) is 6.68. The third kappa shape index (κ3) is 5.26. The maximum Gasteiger partial charge on any atom is 0.410 e. The number of aryl methyl sites for hydroxylation is 1. The van der Waals surface area contributed by atoms with Gasteiger partial charge in [0.15, 0.2) is 0 Å².